The fraction of sp³-hybridized carbons (Fsp3) is 0.462. The highest BCUT2D eigenvalue weighted by molar-refractivity contribution is 5.95. The molecule has 9 nitrogen and oxygen atoms in total. The lowest BCUT2D eigenvalue weighted by molar-refractivity contribution is -0.0199. The summed E-state index contributed by atoms with van der Waals surface area (Å²) in [5.41, 5.74) is 2.85. The van der Waals surface area contributed by atoms with E-state index >= 15 is 0 Å². The molecule has 0 atom stereocenters. The first-order valence-corrected chi connectivity index (χ1v) is 12.2. The van der Waals surface area contributed by atoms with E-state index < -0.39 is 0 Å². The molecule has 2 aliphatic rings. The van der Waals surface area contributed by atoms with E-state index in [1.165, 1.54) is 12.8 Å². The third-order valence-corrected chi connectivity index (χ3v) is 7.26. The number of ether oxygens (including phenoxy) is 2. The summed E-state index contributed by atoms with van der Waals surface area (Å²) >= 11 is 0. The number of nitrogens with one attached hydrogen (secondary N) is 1. The zero-order chi connectivity index (χ0) is 24.3. The predicted molar refractivity (Wildman–Crippen MR) is 132 cm³/mol. The van der Waals surface area contributed by atoms with Crippen LogP contribution >= 0.6 is 0 Å². The molecule has 1 saturated carbocycles. The number of benzene rings is 1. The summed E-state index contributed by atoms with van der Waals surface area (Å²) in [6, 6.07) is 9.54. The van der Waals surface area contributed by atoms with Gasteiger partial charge in [0.05, 0.1) is 43.5 Å². The van der Waals surface area contributed by atoms with Crippen molar-refractivity contribution in [2.45, 2.75) is 38.1 Å². The van der Waals surface area contributed by atoms with E-state index in [0.29, 0.717) is 23.8 Å². The zero-order valence-corrected chi connectivity index (χ0v) is 20.4. The van der Waals surface area contributed by atoms with Gasteiger partial charge in [0.15, 0.2) is 0 Å². The van der Waals surface area contributed by atoms with Crippen LogP contribution < -0.4 is 10.1 Å². The van der Waals surface area contributed by atoms with Crippen molar-refractivity contribution in [3.8, 4) is 23.0 Å². The minimum atomic E-state index is -0.117. The number of carbonyl (C=O) groups excluding carboxylic acids is 1. The van der Waals surface area contributed by atoms with Crippen molar-refractivity contribution in [2.24, 2.45) is 0 Å². The molecule has 0 radical (unpaired) electrons. The van der Waals surface area contributed by atoms with Gasteiger partial charge in [-0.05, 0) is 38.0 Å². The van der Waals surface area contributed by atoms with Crippen molar-refractivity contribution in [1.29, 1.82) is 0 Å². The van der Waals surface area contributed by atoms with Gasteiger partial charge in [0.25, 0.3) is 11.9 Å². The van der Waals surface area contributed by atoms with Crippen LogP contribution in [0.3, 0.4) is 0 Å². The fourth-order valence-corrected chi connectivity index (χ4v) is 5.31. The predicted octanol–water partition coefficient (Wildman–Crippen LogP) is 3.02. The Hall–Kier alpha value is -3.30. The van der Waals surface area contributed by atoms with Crippen LogP contribution in [-0.4, -0.2) is 76.1 Å². The van der Waals surface area contributed by atoms with Gasteiger partial charge in [-0.3, -0.25) is 9.69 Å². The molecule has 1 aliphatic heterocycles. The summed E-state index contributed by atoms with van der Waals surface area (Å²) in [7, 11) is 1.64. The van der Waals surface area contributed by atoms with Crippen molar-refractivity contribution >= 4 is 5.91 Å². The molecular weight excluding hydrogens is 444 g/mol. The molecule has 1 aliphatic carbocycles. The van der Waals surface area contributed by atoms with Gasteiger partial charge in [0, 0.05) is 36.9 Å². The average Bonchev–Trinajstić information content (AvgIpc) is 3.55. The Balaban J connectivity index is 1.34. The van der Waals surface area contributed by atoms with Crippen molar-refractivity contribution in [1.82, 2.24) is 30.0 Å². The van der Waals surface area contributed by atoms with Crippen molar-refractivity contribution in [3.63, 3.8) is 0 Å². The Morgan fingerprint density at radius 3 is 2.71 bits per heavy atom. The molecule has 0 bridgehead atoms. The Morgan fingerprint density at radius 2 is 1.94 bits per heavy atom. The van der Waals surface area contributed by atoms with E-state index in [0.717, 1.165) is 56.2 Å². The van der Waals surface area contributed by atoms with Gasteiger partial charge < -0.3 is 14.8 Å². The standard InChI is InChI=1S/C26H32N6O3/c1-19-21(24(33)28-18-26(10-5-6-11-26)31-13-15-35-16-14-31)17-29-32(19)25-27-12-9-22(30-25)20-7-3-4-8-23(20)34-2/h3-4,7-9,12,17H,5-6,10-11,13-16,18H2,1-2H3,(H,28,33). The molecular formula is C26H32N6O3. The molecule has 0 unspecified atom stereocenters. The normalized spacial score (nSPS) is 17.9. The smallest absolute Gasteiger partial charge is 0.254 e. The first-order valence-electron chi connectivity index (χ1n) is 12.2. The van der Waals surface area contributed by atoms with Crippen LogP contribution in [0.15, 0.2) is 42.7 Å². The quantitative estimate of drug-likeness (QED) is 0.560. The van der Waals surface area contributed by atoms with Crippen LogP contribution in [0.1, 0.15) is 41.7 Å². The van der Waals surface area contributed by atoms with Crippen LogP contribution in [-0.2, 0) is 4.74 Å². The number of hydrogen-bond acceptors (Lipinski definition) is 7. The third-order valence-electron chi connectivity index (χ3n) is 7.26. The van der Waals surface area contributed by atoms with Gasteiger partial charge in [-0.2, -0.15) is 5.10 Å². The lowest BCUT2D eigenvalue weighted by Crippen LogP contribution is -2.57. The number of methoxy groups -OCH3 is 1. The SMILES string of the molecule is COc1ccccc1-c1ccnc(-n2ncc(C(=O)NCC3(N4CCOCC4)CCCC3)c2C)n1. The number of para-hydroxylation sites is 1. The average molecular weight is 477 g/mol. The van der Waals surface area contributed by atoms with Crippen LogP contribution in [0.2, 0.25) is 0 Å². The highest BCUT2D eigenvalue weighted by Gasteiger charge is 2.40. The maximum atomic E-state index is 13.2. The molecule has 184 valence electrons. The van der Waals surface area contributed by atoms with Crippen LogP contribution in [0.25, 0.3) is 17.2 Å². The zero-order valence-electron chi connectivity index (χ0n) is 20.4. The molecule has 1 amide bonds. The number of aromatic nitrogens is 4. The molecule has 35 heavy (non-hydrogen) atoms. The van der Waals surface area contributed by atoms with E-state index in [1.807, 2.05) is 37.3 Å². The summed E-state index contributed by atoms with van der Waals surface area (Å²) in [6.45, 7) is 5.87. The summed E-state index contributed by atoms with van der Waals surface area (Å²) in [4.78, 5) is 24.8. The summed E-state index contributed by atoms with van der Waals surface area (Å²) in [6.07, 6.45) is 7.90. The van der Waals surface area contributed by atoms with E-state index in [-0.39, 0.29) is 11.4 Å². The van der Waals surface area contributed by atoms with Gasteiger partial charge in [-0.15, -0.1) is 0 Å². The Labute approximate surface area is 205 Å². The second-order valence-electron chi connectivity index (χ2n) is 9.21. The fourth-order valence-electron chi connectivity index (χ4n) is 5.31. The lowest BCUT2D eigenvalue weighted by Gasteiger charge is -2.43. The molecule has 0 spiro atoms. The van der Waals surface area contributed by atoms with Crippen molar-refractivity contribution < 1.29 is 14.3 Å². The van der Waals surface area contributed by atoms with Gasteiger partial charge in [0.1, 0.15) is 5.75 Å². The third kappa shape index (κ3) is 4.66. The maximum absolute atomic E-state index is 13.2. The largest absolute Gasteiger partial charge is 0.496 e. The molecule has 2 fully saturated rings. The Bertz CT molecular complexity index is 1180. The van der Waals surface area contributed by atoms with Crippen LogP contribution in [0.4, 0.5) is 0 Å². The maximum Gasteiger partial charge on any atom is 0.254 e. The molecule has 3 aromatic rings. The highest BCUT2D eigenvalue weighted by Crippen LogP contribution is 2.35. The minimum absolute atomic E-state index is 0.0233. The van der Waals surface area contributed by atoms with E-state index in [2.05, 4.69) is 20.3 Å². The minimum Gasteiger partial charge on any atom is -0.496 e. The summed E-state index contributed by atoms with van der Waals surface area (Å²) in [5, 5.41) is 7.65. The Kier molecular flexibility index (Phi) is 6.79. The van der Waals surface area contributed by atoms with Crippen molar-refractivity contribution in [2.75, 3.05) is 40.0 Å². The first kappa shape index (κ1) is 23.4. The second-order valence-corrected chi connectivity index (χ2v) is 9.21. The molecule has 1 N–H and O–H groups in total. The van der Waals surface area contributed by atoms with Gasteiger partial charge >= 0.3 is 0 Å². The van der Waals surface area contributed by atoms with Crippen molar-refractivity contribution in [3.05, 3.63) is 54.0 Å². The van der Waals surface area contributed by atoms with Gasteiger partial charge in [-0.25, -0.2) is 14.6 Å². The Morgan fingerprint density at radius 1 is 1.17 bits per heavy atom. The summed E-state index contributed by atoms with van der Waals surface area (Å²) in [5.74, 6) is 1.02. The number of nitrogens with zero attached hydrogens (tertiary/aromatic N) is 5. The lowest BCUT2D eigenvalue weighted by atomic mass is 9.94. The topological polar surface area (TPSA) is 94.4 Å². The molecule has 5 rings (SSSR count). The molecule has 1 aromatic carbocycles. The van der Waals surface area contributed by atoms with Crippen LogP contribution in [0, 0.1) is 6.92 Å². The molecule has 9 heteroatoms. The van der Waals surface area contributed by atoms with Gasteiger partial charge in [-0.1, -0.05) is 25.0 Å². The number of hydrogen-bond donors (Lipinski definition) is 1. The molecule has 2 aromatic heterocycles. The van der Waals surface area contributed by atoms with E-state index in [1.54, 1.807) is 24.2 Å². The van der Waals surface area contributed by atoms with E-state index in [9.17, 15) is 4.79 Å². The summed E-state index contributed by atoms with van der Waals surface area (Å²) < 4.78 is 12.6. The highest BCUT2D eigenvalue weighted by atomic mass is 16.5. The molecule has 3 heterocycles. The van der Waals surface area contributed by atoms with E-state index in [4.69, 9.17) is 14.5 Å². The number of amides is 1. The number of rotatable bonds is 7. The number of carbonyl (C=O) groups is 1. The first-order chi connectivity index (χ1) is 17.1. The molecule has 1 saturated heterocycles. The number of morpholine rings is 1. The van der Waals surface area contributed by atoms with Crippen LogP contribution in [0.5, 0.6) is 5.75 Å². The van der Waals surface area contributed by atoms with Gasteiger partial charge in [0.2, 0.25) is 0 Å². The second kappa shape index (κ2) is 10.1. The monoisotopic (exact) mass is 476 g/mol.